The lowest BCUT2D eigenvalue weighted by molar-refractivity contribution is 1.45. The number of benzene rings is 2. The van der Waals surface area contributed by atoms with Gasteiger partial charge in [0, 0.05) is 0 Å². The molecule has 0 saturated carbocycles. The van der Waals surface area contributed by atoms with Gasteiger partial charge in [-0.3, -0.25) is 0 Å². The quantitative estimate of drug-likeness (QED) is 0.634. The molecule has 0 fully saturated rings. The van der Waals surface area contributed by atoms with Crippen molar-refractivity contribution in [2.24, 2.45) is 0 Å². The highest BCUT2D eigenvalue weighted by Gasteiger charge is 2.30. The Labute approximate surface area is 128 Å². The summed E-state index contributed by atoms with van der Waals surface area (Å²) in [6.45, 7) is 9.14. The largest absolute Gasteiger partial charge is 0.105 e. The molecule has 0 spiro atoms. The van der Waals surface area contributed by atoms with Crippen molar-refractivity contribution >= 4 is 18.8 Å². The Hall–Kier alpha value is -1.86. The molecule has 0 nitrogen and oxygen atoms in total. The molecule has 2 aromatic carbocycles. The fraction of sp³-hybridized carbons (Fsp3) is 0.200. The van der Waals surface area contributed by atoms with Gasteiger partial charge in [-0.05, 0) is 35.7 Å². The topological polar surface area (TPSA) is 0 Å². The first-order chi connectivity index (χ1) is 9.95. The number of allylic oxidation sites excluding steroid dienone is 2. The fourth-order valence-electron chi connectivity index (χ4n) is 2.95. The van der Waals surface area contributed by atoms with Crippen molar-refractivity contribution < 1.29 is 0 Å². The van der Waals surface area contributed by atoms with Crippen LogP contribution in [-0.4, -0.2) is 8.07 Å². The monoisotopic (exact) mass is 290 g/mol. The van der Waals surface area contributed by atoms with Crippen molar-refractivity contribution in [2.45, 2.75) is 26.9 Å². The minimum atomic E-state index is -1.49. The van der Waals surface area contributed by atoms with Gasteiger partial charge in [-0.15, -0.1) is 0 Å². The highest BCUT2D eigenvalue weighted by Crippen LogP contribution is 2.38. The molecule has 0 N–H and O–H groups in total. The summed E-state index contributed by atoms with van der Waals surface area (Å²) in [5.41, 5.74) is 9.27. The van der Waals surface area contributed by atoms with Crippen LogP contribution in [0.5, 0.6) is 0 Å². The van der Waals surface area contributed by atoms with E-state index in [4.69, 9.17) is 0 Å². The van der Waals surface area contributed by atoms with Gasteiger partial charge < -0.3 is 0 Å². The van der Waals surface area contributed by atoms with Gasteiger partial charge in [-0.2, -0.15) is 0 Å². The lowest BCUT2D eigenvalue weighted by Crippen LogP contribution is -2.22. The van der Waals surface area contributed by atoms with E-state index >= 15 is 0 Å². The normalized spacial score (nSPS) is 16.6. The van der Waals surface area contributed by atoms with Crippen LogP contribution in [0.1, 0.15) is 22.3 Å². The predicted molar refractivity (Wildman–Crippen MR) is 95.8 cm³/mol. The minimum absolute atomic E-state index is 1.32. The van der Waals surface area contributed by atoms with Crippen molar-refractivity contribution in [2.75, 3.05) is 0 Å². The van der Waals surface area contributed by atoms with Gasteiger partial charge in [0.1, 0.15) is 8.07 Å². The zero-order chi connectivity index (χ0) is 15.0. The van der Waals surface area contributed by atoms with Gasteiger partial charge in [0.2, 0.25) is 0 Å². The Morgan fingerprint density at radius 3 is 1.67 bits per heavy atom. The fourth-order valence-corrected chi connectivity index (χ4v) is 5.57. The molecule has 21 heavy (non-hydrogen) atoms. The highest BCUT2D eigenvalue weighted by atomic mass is 28.3. The van der Waals surface area contributed by atoms with E-state index in [1.807, 2.05) is 0 Å². The van der Waals surface area contributed by atoms with E-state index in [0.29, 0.717) is 0 Å². The maximum atomic E-state index is 2.52. The smallest absolute Gasteiger partial charge is 0.0824 e. The third kappa shape index (κ3) is 2.79. The van der Waals surface area contributed by atoms with Crippen LogP contribution in [0.15, 0.2) is 60.3 Å². The van der Waals surface area contributed by atoms with Crippen LogP contribution >= 0.6 is 0 Å². The Morgan fingerprint density at radius 1 is 0.667 bits per heavy atom. The molecule has 0 amide bonds. The second kappa shape index (κ2) is 5.16. The summed E-state index contributed by atoms with van der Waals surface area (Å²) >= 11 is 0. The van der Waals surface area contributed by atoms with Crippen LogP contribution in [0.25, 0.3) is 10.8 Å². The second-order valence-electron chi connectivity index (χ2n) is 6.61. The molecule has 1 heterocycles. The van der Waals surface area contributed by atoms with E-state index in [2.05, 4.69) is 87.2 Å². The molecule has 1 aliphatic rings. The standard InChI is InChI=1S/C20H22Si/c1-15-5-9-17(10-6-15)19-13-20(21(3,4)14-19)18-11-7-16(2)8-12-18/h5-14H,1-4H3. The van der Waals surface area contributed by atoms with E-state index < -0.39 is 8.07 Å². The molecule has 1 heteroatoms. The molecular formula is C20H22Si. The number of hydrogen-bond acceptors (Lipinski definition) is 0. The van der Waals surface area contributed by atoms with Crippen molar-refractivity contribution in [3.8, 4) is 0 Å². The summed E-state index contributed by atoms with van der Waals surface area (Å²) in [4.78, 5) is 0. The van der Waals surface area contributed by atoms with Crippen molar-refractivity contribution in [1.29, 1.82) is 0 Å². The summed E-state index contributed by atoms with van der Waals surface area (Å²) in [5, 5.41) is 1.54. The molecule has 0 unspecified atom stereocenters. The zero-order valence-corrected chi connectivity index (χ0v) is 14.3. The molecular weight excluding hydrogens is 268 g/mol. The Morgan fingerprint density at radius 2 is 1.14 bits per heavy atom. The Bertz CT molecular complexity index is 713. The maximum Gasteiger partial charge on any atom is 0.105 e. The molecule has 0 bridgehead atoms. The third-order valence-electron chi connectivity index (χ3n) is 4.26. The van der Waals surface area contributed by atoms with Crippen LogP contribution in [0.4, 0.5) is 0 Å². The molecule has 2 aromatic rings. The van der Waals surface area contributed by atoms with Gasteiger partial charge in [-0.1, -0.05) is 84.5 Å². The molecule has 1 aliphatic heterocycles. The van der Waals surface area contributed by atoms with E-state index in [1.54, 1.807) is 0 Å². The van der Waals surface area contributed by atoms with E-state index in [-0.39, 0.29) is 0 Å². The minimum Gasteiger partial charge on any atom is -0.0824 e. The number of rotatable bonds is 2. The van der Waals surface area contributed by atoms with Gasteiger partial charge >= 0.3 is 0 Å². The SMILES string of the molecule is Cc1ccc(C2=C[Si](C)(C)C(c3ccc(C)cc3)=C2)cc1. The molecule has 106 valence electrons. The van der Waals surface area contributed by atoms with E-state index in [0.717, 1.165) is 0 Å². The molecule has 0 saturated heterocycles. The molecule has 0 aromatic heterocycles. The van der Waals surface area contributed by atoms with Crippen LogP contribution < -0.4 is 0 Å². The molecule has 3 rings (SSSR count). The summed E-state index contributed by atoms with van der Waals surface area (Å²) < 4.78 is 0. The average molecular weight is 290 g/mol. The Balaban J connectivity index is 2.01. The van der Waals surface area contributed by atoms with Crippen LogP contribution in [0, 0.1) is 13.8 Å². The summed E-state index contributed by atoms with van der Waals surface area (Å²) in [5.74, 6) is 0. The second-order valence-corrected chi connectivity index (χ2v) is 10.9. The first kappa shape index (κ1) is 14.1. The summed E-state index contributed by atoms with van der Waals surface area (Å²) in [6, 6.07) is 17.8. The lowest BCUT2D eigenvalue weighted by atomic mass is 10.0. The maximum absolute atomic E-state index is 2.52. The first-order valence-corrected chi connectivity index (χ1v) is 10.6. The molecule has 0 radical (unpaired) electrons. The number of hydrogen-bond donors (Lipinski definition) is 0. The summed E-state index contributed by atoms with van der Waals surface area (Å²) in [7, 11) is -1.49. The van der Waals surface area contributed by atoms with Crippen molar-refractivity contribution in [1.82, 2.24) is 0 Å². The van der Waals surface area contributed by atoms with Crippen LogP contribution in [0.3, 0.4) is 0 Å². The van der Waals surface area contributed by atoms with E-state index in [9.17, 15) is 0 Å². The van der Waals surface area contributed by atoms with Gasteiger partial charge in [-0.25, -0.2) is 0 Å². The van der Waals surface area contributed by atoms with Crippen molar-refractivity contribution in [3.05, 3.63) is 82.6 Å². The third-order valence-corrected chi connectivity index (χ3v) is 7.11. The van der Waals surface area contributed by atoms with Gasteiger partial charge in [0.05, 0.1) is 0 Å². The molecule has 0 aliphatic carbocycles. The van der Waals surface area contributed by atoms with Gasteiger partial charge in [0.15, 0.2) is 0 Å². The average Bonchev–Trinajstić information content (AvgIpc) is 2.76. The number of aryl methyl sites for hydroxylation is 2. The molecule has 0 atom stereocenters. The van der Waals surface area contributed by atoms with Gasteiger partial charge in [0.25, 0.3) is 0 Å². The first-order valence-electron chi connectivity index (χ1n) is 7.55. The predicted octanol–water partition coefficient (Wildman–Crippen LogP) is 5.57. The Kier molecular flexibility index (Phi) is 3.46. The highest BCUT2D eigenvalue weighted by molar-refractivity contribution is 7.00. The van der Waals surface area contributed by atoms with E-state index in [1.165, 1.54) is 33.0 Å². The van der Waals surface area contributed by atoms with Crippen LogP contribution in [0.2, 0.25) is 13.1 Å². The zero-order valence-electron chi connectivity index (χ0n) is 13.3. The lowest BCUT2D eigenvalue weighted by Gasteiger charge is -2.18. The summed E-state index contributed by atoms with van der Waals surface area (Å²) in [6.07, 6.45) is 2.40. The van der Waals surface area contributed by atoms with Crippen molar-refractivity contribution in [3.63, 3.8) is 0 Å². The van der Waals surface area contributed by atoms with Crippen LogP contribution in [-0.2, 0) is 0 Å².